The molecule has 4 rings (SSSR count). The zero-order valence-corrected chi connectivity index (χ0v) is 14.9. The first-order valence-corrected chi connectivity index (χ1v) is 9.02. The number of hydrogen-bond acceptors (Lipinski definition) is 6. The lowest BCUT2D eigenvalue weighted by molar-refractivity contribution is -0.118. The normalized spacial score (nSPS) is 13.9. The van der Waals surface area contributed by atoms with Crippen LogP contribution in [-0.2, 0) is 4.79 Å². The van der Waals surface area contributed by atoms with Gasteiger partial charge >= 0.3 is 0 Å². The monoisotopic (exact) mass is 378 g/mol. The van der Waals surface area contributed by atoms with Crippen molar-refractivity contribution in [3.8, 4) is 11.5 Å². The summed E-state index contributed by atoms with van der Waals surface area (Å²) in [5.74, 6) is 0.884. The lowest BCUT2D eigenvalue weighted by atomic mass is 10.1. The number of fused-ring (bicyclic) bond motifs is 1. The number of amides is 1. The smallest absolute Gasteiger partial charge is 0.264 e. The molecule has 2 heterocycles. The molecule has 0 spiro atoms. The molecule has 1 aromatic heterocycles. The molecule has 6 nitrogen and oxygen atoms in total. The number of carbonyl (C=O) groups excluding carboxylic acids is 2. The van der Waals surface area contributed by atoms with Crippen LogP contribution < -0.4 is 14.8 Å². The Labute approximate surface area is 159 Å². The van der Waals surface area contributed by atoms with Crippen molar-refractivity contribution in [1.29, 1.82) is 0 Å². The number of carbonyl (C=O) groups is 2. The van der Waals surface area contributed by atoms with E-state index in [9.17, 15) is 9.59 Å². The Bertz CT molecular complexity index is 1030. The van der Waals surface area contributed by atoms with Crippen LogP contribution in [-0.4, -0.2) is 23.3 Å². The minimum atomic E-state index is -0.293. The molecule has 1 aliphatic heterocycles. The van der Waals surface area contributed by atoms with E-state index in [4.69, 9.17) is 9.47 Å². The zero-order valence-electron chi connectivity index (χ0n) is 14.0. The van der Waals surface area contributed by atoms with Gasteiger partial charge in [0.1, 0.15) is 11.5 Å². The number of thiazole rings is 1. The summed E-state index contributed by atoms with van der Waals surface area (Å²) in [6.07, 6.45) is 3.27. The second-order valence-corrected chi connectivity index (χ2v) is 6.58. The summed E-state index contributed by atoms with van der Waals surface area (Å²) in [5, 5.41) is 4.95. The first kappa shape index (κ1) is 17.0. The van der Waals surface area contributed by atoms with E-state index >= 15 is 0 Å². The van der Waals surface area contributed by atoms with Crippen molar-refractivity contribution in [2.75, 3.05) is 11.9 Å². The maximum absolute atomic E-state index is 12.4. The SMILES string of the molecule is O=C(COc1cccc(/C=C2/Oc3ccccc3C2=O)c1)Nc1nccs1. The van der Waals surface area contributed by atoms with Gasteiger partial charge in [0.05, 0.1) is 5.56 Å². The average molecular weight is 378 g/mol. The van der Waals surface area contributed by atoms with Crippen LogP contribution >= 0.6 is 11.3 Å². The van der Waals surface area contributed by atoms with E-state index in [1.165, 1.54) is 11.3 Å². The number of ether oxygens (including phenoxy) is 2. The molecule has 7 heteroatoms. The third-order valence-electron chi connectivity index (χ3n) is 3.78. The molecular weight excluding hydrogens is 364 g/mol. The summed E-state index contributed by atoms with van der Waals surface area (Å²) in [7, 11) is 0. The Morgan fingerprint density at radius 1 is 1.22 bits per heavy atom. The van der Waals surface area contributed by atoms with Crippen molar-refractivity contribution in [1.82, 2.24) is 4.98 Å². The van der Waals surface area contributed by atoms with Crippen molar-refractivity contribution in [3.05, 3.63) is 77.0 Å². The highest BCUT2D eigenvalue weighted by molar-refractivity contribution is 7.13. The van der Waals surface area contributed by atoms with E-state index < -0.39 is 0 Å². The number of rotatable bonds is 5. The van der Waals surface area contributed by atoms with Crippen molar-refractivity contribution in [2.45, 2.75) is 0 Å². The van der Waals surface area contributed by atoms with E-state index in [1.54, 1.807) is 54.1 Å². The van der Waals surface area contributed by atoms with E-state index in [1.807, 2.05) is 12.1 Å². The van der Waals surface area contributed by atoms with Crippen LogP contribution in [0.3, 0.4) is 0 Å². The average Bonchev–Trinajstić information content (AvgIpc) is 3.29. The number of hydrogen-bond donors (Lipinski definition) is 1. The maximum Gasteiger partial charge on any atom is 0.264 e. The summed E-state index contributed by atoms with van der Waals surface area (Å²) >= 11 is 1.34. The summed E-state index contributed by atoms with van der Waals surface area (Å²) < 4.78 is 11.1. The Hall–Kier alpha value is -3.45. The summed E-state index contributed by atoms with van der Waals surface area (Å²) in [4.78, 5) is 28.2. The molecular formula is C20H14N2O4S. The van der Waals surface area contributed by atoms with Gasteiger partial charge in [-0.2, -0.15) is 0 Å². The molecule has 1 aliphatic rings. The van der Waals surface area contributed by atoms with E-state index in [2.05, 4.69) is 10.3 Å². The first-order valence-electron chi connectivity index (χ1n) is 8.14. The van der Waals surface area contributed by atoms with Crippen LogP contribution in [0.2, 0.25) is 0 Å². The second-order valence-electron chi connectivity index (χ2n) is 5.68. The predicted molar refractivity (Wildman–Crippen MR) is 102 cm³/mol. The number of nitrogens with zero attached hydrogens (tertiary/aromatic N) is 1. The van der Waals surface area contributed by atoms with Crippen LogP contribution in [0.15, 0.2) is 65.9 Å². The summed E-state index contributed by atoms with van der Waals surface area (Å²) in [5.41, 5.74) is 1.29. The number of allylic oxidation sites excluding steroid dienone is 1. The molecule has 27 heavy (non-hydrogen) atoms. The minimum absolute atomic E-state index is 0.138. The molecule has 1 amide bonds. The molecule has 0 fully saturated rings. The molecule has 134 valence electrons. The third kappa shape index (κ3) is 3.88. The van der Waals surface area contributed by atoms with Crippen molar-refractivity contribution in [3.63, 3.8) is 0 Å². The molecule has 0 saturated heterocycles. The number of nitrogens with one attached hydrogen (secondary N) is 1. The van der Waals surface area contributed by atoms with E-state index in [-0.39, 0.29) is 24.1 Å². The highest BCUT2D eigenvalue weighted by atomic mass is 32.1. The standard InChI is InChI=1S/C20H14N2O4S/c23-18(22-20-21-8-9-27-20)12-25-14-5-3-4-13(10-14)11-17-19(24)15-6-1-2-7-16(15)26-17/h1-11H,12H2,(H,21,22,23)/b17-11+. The van der Waals surface area contributed by atoms with Crippen molar-refractivity contribution >= 4 is 34.2 Å². The number of ketones is 1. The number of benzene rings is 2. The molecule has 3 aromatic rings. The highest BCUT2D eigenvalue weighted by Gasteiger charge is 2.26. The highest BCUT2D eigenvalue weighted by Crippen LogP contribution is 2.31. The van der Waals surface area contributed by atoms with Gasteiger partial charge in [-0.05, 0) is 35.9 Å². The summed E-state index contributed by atoms with van der Waals surface area (Å²) in [6.45, 7) is -0.138. The van der Waals surface area contributed by atoms with E-state index in [0.717, 1.165) is 5.56 Å². The number of para-hydroxylation sites is 1. The molecule has 0 atom stereocenters. The molecule has 1 N–H and O–H groups in total. The Morgan fingerprint density at radius 3 is 2.93 bits per heavy atom. The first-order chi connectivity index (χ1) is 13.2. The molecule has 2 aromatic carbocycles. The molecule has 0 saturated carbocycles. The minimum Gasteiger partial charge on any atom is -0.484 e. The van der Waals surface area contributed by atoms with Gasteiger partial charge in [0.15, 0.2) is 17.5 Å². The lowest BCUT2D eigenvalue weighted by Gasteiger charge is -2.07. The maximum atomic E-state index is 12.4. The lowest BCUT2D eigenvalue weighted by Crippen LogP contribution is -2.19. The van der Waals surface area contributed by atoms with E-state index in [0.29, 0.717) is 22.2 Å². The Balaban J connectivity index is 1.42. The third-order valence-corrected chi connectivity index (χ3v) is 4.47. The van der Waals surface area contributed by atoms with Gasteiger partial charge in [0.2, 0.25) is 5.78 Å². The predicted octanol–water partition coefficient (Wildman–Crippen LogP) is 3.78. The van der Waals surface area contributed by atoms with Crippen LogP contribution in [0.25, 0.3) is 6.08 Å². The fourth-order valence-electron chi connectivity index (χ4n) is 2.57. The Morgan fingerprint density at radius 2 is 2.11 bits per heavy atom. The fraction of sp³-hybridized carbons (Fsp3) is 0.0500. The van der Waals surface area contributed by atoms with Gasteiger partial charge < -0.3 is 9.47 Å². The molecule has 0 unspecified atom stereocenters. The van der Waals surface area contributed by atoms with Crippen LogP contribution in [0.4, 0.5) is 5.13 Å². The number of aromatic nitrogens is 1. The van der Waals surface area contributed by atoms with Gasteiger partial charge in [-0.3, -0.25) is 14.9 Å². The van der Waals surface area contributed by atoms with Gasteiger partial charge in [0, 0.05) is 11.6 Å². The summed E-state index contributed by atoms with van der Waals surface area (Å²) in [6, 6.07) is 14.2. The van der Waals surface area contributed by atoms with Gasteiger partial charge in [-0.15, -0.1) is 11.3 Å². The van der Waals surface area contributed by atoms with Gasteiger partial charge in [0.25, 0.3) is 5.91 Å². The van der Waals surface area contributed by atoms with Gasteiger partial charge in [-0.1, -0.05) is 24.3 Å². The molecule has 0 bridgehead atoms. The molecule has 0 aliphatic carbocycles. The van der Waals surface area contributed by atoms with Gasteiger partial charge in [-0.25, -0.2) is 4.98 Å². The second kappa shape index (κ2) is 7.43. The zero-order chi connectivity index (χ0) is 18.6. The number of Topliss-reactive ketones (excluding diaryl/α,β-unsaturated/α-hetero) is 1. The molecule has 0 radical (unpaired) electrons. The van der Waals surface area contributed by atoms with Crippen LogP contribution in [0, 0.1) is 0 Å². The Kier molecular flexibility index (Phi) is 4.67. The quantitative estimate of drug-likeness (QED) is 0.684. The largest absolute Gasteiger partial charge is 0.484 e. The van der Waals surface area contributed by atoms with Crippen LogP contribution in [0.5, 0.6) is 11.5 Å². The number of anilines is 1. The topological polar surface area (TPSA) is 77.5 Å². The van der Waals surface area contributed by atoms with Crippen molar-refractivity contribution < 1.29 is 19.1 Å². The van der Waals surface area contributed by atoms with Crippen LogP contribution in [0.1, 0.15) is 15.9 Å². The van der Waals surface area contributed by atoms with Crippen molar-refractivity contribution in [2.24, 2.45) is 0 Å². The fourth-order valence-corrected chi connectivity index (χ4v) is 3.12.